The van der Waals surface area contributed by atoms with Gasteiger partial charge in [0.15, 0.2) is 0 Å². The highest BCUT2D eigenvalue weighted by atomic mass is 16.5. The maximum atomic E-state index is 10.9. The van der Waals surface area contributed by atoms with Crippen molar-refractivity contribution >= 4 is 5.97 Å². The number of hydrogen-bond donors (Lipinski definition) is 2. The van der Waals surface area contributed by atoms with E-state index in [9.17, 15) is 4.79 Å². The quantitative estimate of drug-likeness (QED) is 0.616. The summed E-state index contributed by atoms with van der Waals surface area (Å²) in [6.07, 6.45) is 0.560. The Balaban J connectivity index is 2.69. The predicted molar refractivity (Wildman–Crippen MR) is 45.1 cm³/mol. The molecule has 0 spiro atoms. The Kier molecular flexibility index (Phi) is 2.97. The van der Waals surface area contributed by atoms with Crippen LogP contribution >= 0.6 is 0 Å². The highest BCUT2D eigenvalue weighted by Gasteiger charge is 2.12. The minimum Gasteiger partial charge on any atom is -0.463 e. The van der Waals surface area contributed by atoms with Crippen molar-refractivity contribution in [2.24, 2.45) is 5.73 Å². The van der Waals surface area contributed by atoms with E-state index in [2.05, 4.69) is 19.9 Å². The molecule has 1 atom stereocenters. The summed E-state index contributed by atoms with van der Waals surface area (Å²) in [5.74, 6) is 0.0840. The summed E-state index contributed by atoms with van der Waals surface area (Å²) in [6.45, 7) is 1.85. The first-order valence-corrected chi connectivity index (χ1v) is 3.88. The van der Waals surface area contributed by atoms with E-state index in [-0.39, 0.29) is 11.9 Å². The van der Waals surface area contributed by atoms with Crippen molar-refractivity contribution in [1.82, 2.24) is 15.2 Å². The van der Waals surface area contributed by atoms with Crippen LogP contribution < -0.4 is 5.73 Å². The first kappa shape index (κ1) is 9.66. The monoisotopic (exact) mass is 184 g/mol. The number of ether oxygens (including phenoxy) is 1. The van der Waals surface area contributed by atoms with Gasteiger partial charge in [-0.1, -0.05) is 0 Å². The summed E-state index contributed by atoms with van der Waals surface area (Å²) in [4.78, 5) is 14.8. The lowest BCUT2D eigenvalue weighted by molar-refractivity contribution is 0.0587. The molecule has 13 heavy (non-hydrogen) atoms. The number of methoxy groups -OCH3 is 1. The second kappa shape index (κ2) is 3.99. The molecule has 0 bridgehead atoms. The fraction of sp³-hybridized carbons (Fsp3) is 0.571. The highest BCUT2D eigenvalue weighted by molar-refractivity contribution is 5.84. The zero-order valence-electron chi connectivity index (χ0n) is 7.57. The van der Waals surface area contributed by atoms with Gasteiger partial charge < -0.3 is 10.5 Å². The summed E-state index contributed by atoms with van der Waals surface area (Å²) < 4.78 is 4.44. The normalized spacial score (nSPS) is 12.5. The number of aromatic amines is 1. The van der Waals surface area contributed by atoms with E-state index in [0.717, 1.165) is 0 Å². The second-order valence-electron chi connectivity index (χ2n) is 2.78. The van der Waals surface area contributed by atoms with E-state index in [1.165, 1.54) is 7.11 Å². The summed E-state index contributed by atoms with van der Waals surface area (Å²) in [6, 6.07) is -0.0153. The summed E-state index contributed by atoms with van der Waals surface area (Å²) >= 11 is 0. The van der Waals surface area contributed by atoms with Gasteiger partial charge in [0, 0.05) is 12.5 Å². The van der Waals surface area contributed by atoms with E-state index >= 15 is 0 Å². The first-order valence-electron chi connectivity index (χ1n) is 3.88. The first-order chi connectivity index (χ1) is 6.13. The molecule has 0 aliphatic heterocycles. The number of nitrogens with one attached hydrogen (secondary N) is 1. The molecule has 0 aliphatic rings. The van der Waals surface area contributed by atoms with E-state index in [1.807, 2.05) is 6.92 Å². The number of carbonyl (C=O) groups excluding carboxylic acids is 1. The molecule has 0 aromatic carbocycles. The van der Waals surface area contributed by atoms with Crippen LogP contribution in [0.3, 0.4) is 0 Å². The number of nitrogens with zero attached hydrogens (tertiary/aromatic N) is 2. The molecule has 0 saturated carbocycles. The molecule has 0 fully saturated rings. The third-order valence-corrected chi connectivity index (χ3v) is 1.42. The summed E-state index contributed by atoms with van der Waals surface area (Å²) in [5.41, 5.74) is 5.54. The van der Waals surface area contributed by atoms with Crippen molar-refractivity contribution in [2.75, 3.05) is 7.11 Å². The van der Waals surface area contributed by atoms with E-state index in [1.54, 1.807) is 0 Å². The van der Waals surface area contributed by atoms with Crippen LogP contribution in [0, 0.1) is 0 Å². The van der Waals surface area contributed by atoms with Crippen molar-refractivity contribution in [3.63, 3.8) is 0 Å². The van der Waals surface area contributed by atoms with Crippen LogP contribution in [0.5, 0.6) is 0 Å². The van der Waals surface area contributed by atoms with Crippen molar-refractivity contribution < 1.29 is 9.53 Å². The van der Waals surface area contributed by atoms with Crippen LogP contribution in [0.2, 0.25) is 0 Å². The molecule has 1 aromatic rings. The standard InChI is InChI=1S/C7H12N4O2/c1-4(8)3-5-9-6(11-10-5)7(12)13-2/h4H,3,8H2,1-2H3,(H,9,10,11). The molecule has 1 aromatic heterocycles. The maximum absolute atomic E-state index is 10.9. The highest BCUT2D eigenvalue weighted by Crippen LogP contribution is 1.97. The van der Waals surface area contributed by atoms with Gasteiger partial charge in [-0.05, 0) is 6.92 Å². The lowest BCUT2D eigenvalue weighted by atomic mass is 10.2. The third-order valence-electron chi connectivity index (χ3n) is 1.42. The molecule has 6 nitrogen and oxygen atoms in total. The minimum absolute atomic E-state index is 0.0153. The Bertz CT molecular complexity index is 294. The van der Waals surface area contributed by atoms with Gasteiger partial charge in [0.1, 0.15) is 5.82 Å². The zero-order chi connectivity index (χ0) is 9.84. The van der Waals surface area contributed by atoms with Crippen LogP contribution in [0.15, 0.2) is 0 Å². The molecular formula is C7H12N4O2. The zero-order valence-corrected chi connectivity index (χ0v) is 7.57. The van der Waals surface area contributed by atoms with Gasteiger partial charge in [0.05, 0.1) is 7.11 Å². The Hall–Kier alpha value is -1.43. The average molecular weight is 184 g/mol. The molecule has 1 heterocycles. The van der Waals surface area contributed by atoms with Crippen molar-refractivity contribution in [2.45, 2.75) is 19.4 Å². The molecule has 1 rings (SSSR count). The lowest BCUT2D eigenvalue weighted by Gasteiger charge is -1.98. The van der Waals surface area contributed by atoms with Gasteiger partial charge >= 0.3 is 5.97 Å². The lowest BCUT2D eigenvalue weighted by Crippen LogP contribution is -2.18. The Morgan fingerprint density at radius 2 is 2.46 bits per heavy atom. The van der Waals surface area contributed by atoms with Crippen molar-refractivity contribution in [1.29, 1.82) is 0 Å². The average Bonchev–Trinajstić information content (AvgIpc) is 2.50. The van der Waals surface area contributed by atoms with E-state index in [0.29, 0.717) is 12.2 Å². The van der Waals surface area contributed by atoms with Crippen LogP contribution in [-0.4, -0.2) is 34.3 Å². The van der Waals surface area contributed by atoms with Gasteiger partial charge in [-0.25, -0.2) is 9.78 Å². The van der Waals surface area contributed by atoms with Gasteiger partial charge in [0.2, 0.25) is 0 Å². The molecule has 3 N–H and O–H groups in total. The van der Waals surface area contributed by atoms with Crippen molar-refractivity contribution in [3.8, 4) is 0 Å². The Morgan fingerprint density at radius 1 is 1.77 bits per heavy atom. The SMILES string of the molecule is COC(=O)c1n[nH]c(CC(C)N)n1. The van der Waals surface area contributed by atoms with Gasteiger partial charge in [-0.15, -0.1) is 5.10 Å². The number of H-pyrrole nitrogens is 1. The number of hydrogen-bond acceptors (Lipinski definition) is 5. The number of rotatable bonds is 3. The van der Waals surface area contributed by atoms with Gasteiger partial charge in [-0.3, -0.25) is 5.10 Å². The number of aromatic nitrogens is 3. The number of nitrogens with two attached hydrogens (primary N) is 1. The predicted octanol–water partition coefficient (Wildman–Crippen LogP) is -0.519. The number of esters is 1. The van der Waals surface area contributed by atoms with Gasteiger partial charge in [0.25, 0.3) is 5.82 Å². The molecule has 6 heteroatoms. The molecule has 0 aliphatic carbocycles. The topological polar surface area (TPSA) is 93.9 Å². The van der Waals surface area contributed by atoms with E-state index in [4.69, 9.17) is 5.73 Å². The molecule has 1 unspecified atom stereocenters. The van der Waals surface area contributed by atoms with Crippen LogP contribution in [0.1, 0.15) is 23.4 Å². The molecule has 0 amide bonds. The van der Waals surface area contributed by atoms with Gasteiger partial charge in [-0.2, -0.15) is 0 Å². The Labute approximate surface area is 75.5 Å². The maximum Gasteiger partial charge on any atom is 0.377 e. The Morgan fingerprint density at radius 3 is 3.00 bits per heavy atom. The summed E-state index contributed by atoms with van der Waals surface area (Å²) in [7, 11) is 1.28. The fourth-order valence-corrected chi connectivity index (χ4v) is 0.874. The molecule has 0 radical (unpaired) electrons. The van der Waals surface area contributed by atoms with Crippen molar-refractivity contribution in [3.05, 3.63) is 11.6 Å². The smallest absolute Gasteiger partial charge is 0.377 e. The number of carbonyl (C=O) groups is 1. The van der Waals surface area contributed by atoms with Crippen LogP contribution in [0.25, 0.3) is 0 Å². The summed E-state index contributed by atoms with van der Waals surface area (Å²) in [5, 5.41) is 6.28. The largest absolute Gasteiger partial charge is 0.463 e. The second-order valence-corrected chi connectivity index (χ2v) is 2.78. The molecule has 72 valence electrons. The fourth-order valence-electron chi connectivity index (χ4n) is 0.874. The van der Waals surface area contributed by atoms with Crippen LogP contribution in [-0.2, 0) is 11.2 Å². The molecule has 0 saturated heterocycles. The van der Waals surface area contributed by atoms with Crippen LogP contribution in [0.4, 0.5) is 0 Å². The van der Waals surface area contributed by atoms with E-state index < -0.39 is 5.97 Å². The minimum atomic E-state index is -0.549. The molecular weight excluding hydrogens is 172 g/mol. The third kappa shape index (κ3) is 2.51.